The Bertz CT molecular complexity index is 680. The number of carbonyl (C=O) groups is 2. The Morgan fingerprint density at radius 1 is 1.48 bits per heavy atom. The van der Waals surface area contributed by atoms with Crippen molar-refractivity contribution in [3.05, 3.63) is 39.8 Å². The molecular weight excluding hydrogens is 312 g/mol. The number of carbonyl (C=O) groups excluding carboxylic acids is 2. The van der Waals surface area contributed by atoms with Crippen molar-refractivity contribution in [2.75, 3.05) is 13.1 Å². The van der Waals surface area contributed by atoms with Gasteiger partial charge in [-0.2, -0.15) is 5.10 Å². The van der Waals surface area contributed by atoms with Crippen molar-refractivity contribution in [3.63, 3.8) is 0 Å². The lowest BCUT2D eigenvalue weighted by molar-refractivity contribution is -0.132. The summed E-state index contributed by atoms with van der Waals surface area (Å²) in [6.45, 7) is 1.47. The number of thiophene rings is 1. The zero-order valence-corrected chi connectivity index (χ0v) is 13.6. The first-order valence-electron chi connectivity index (χ1n) is 7.78. The minimum absolute atomic E-state index is 0.190. The van der Waals surface area contributed by atoms with E-state index in [9.17, 15) is 9.59 Å². The summed E-state index contributed by atoms with van der Waals surface area (Å²) >= 11 is 1.69. The van der Waals surface area contributed by atoms with E-state index in [1.807, 2.05) is 16.3 Å². The highest BCUT2D eigenvalue weighted by atomic mass is 32.1. The highest BCUT2D eigenvalue weighted by Crippen LogP contribution is 2.26. The number of primary amides is 1. The lowest BCUT2D eigenvalue weighted by atomic mass is 9.94. The first-order valence-corrected chi connectivity index (χ1v) is 8.66. The molecule has 0 bridgehead atoms. The predicted octanol–water partition coefficient (Wildman–Crippen LogP) is 1.91. The summed E-state index contributed by atoms with van der Waals surface area (Å²) in [6, 6.07) is 5.77. The van der Waals surface area contributed by atoms with Crippen molar-refractivity contribution in [1.29, 1.82) is 0 Å². The van der Waals surface area contributed by atoms with Gasteiger partial charge in [-0.25, -0.2) is 0 Å². The molecule has 2 aromatic heterocycles. The third-order valence-corrected chi connectivity index (χ3v) is 5.17. The number of nitrogens with zero attached hydrogens (tertiary/aromatic N) is 2. The Morgan fingerprint density at radius 3 is 3.04 bits per heavy atom. The molecule has 0 unspecified atom stereocenters. The van der Waals surface area contributed by atoms with E-state index in [0.29, 0.717) is 13.0 Å². The lowest BCUT2D eigenvalue weighted by Crippen LogP contribution is -2.39. The van der Waals surface area contributed by atoms with Crippen LogP contribution in [0.1, 0.15) is 46.2 Å². The molecule has 1 atom stereocenters. The molecule has 0 radical (unpaired) electrons. The second-order valence-corrected chi connectivity index (χ2v) is 6.86. The van der Waals surface area contributed by atoms with Gasteiger partial charge in [-0.3, -0.25) is 14.7 Å². The number of nitrogens with two attached hydrogens (primary N) is 1. The number of aromatic amines is 1. The van der Waals surface area contributed by atoms with Gasteiger partial charge in [0.25, 0.3) is 5.91 Å². The molecule has 0 spiro atoms. The second-order valence-electron chi connectivity index (χ2n) is 5.83. The van der Waals surface area contributed by atoms with Crippen LogP contribution in [0.4, 0.5) is 0 Å². The molecule has 2 amide bonds. The Labute approximate surface area is 138 Å². The third-order valence-electron chi connectivity index (χ3n) is 4.23. The van der Waals surface area contributed by atoms with Crippen molar-refractivity contribution in [2.45, 2.75) is 31.6 Å². The van der Waals surface area contributed by atoms with Crippen LogP contribution in [0.25, 0.3) is 0 Å². The minimum atomic E-state index is -0.535. The fourth-order valence-corrected chi connectivity index (χ4v) is 3.68. The Balaban J connectivity index is 1.58. The van der Waals surface area contributed by atoms with Crippen molar-refractivity contribution >= 4 is 23.2 Å². The summed E-state index contributed by atoms with van der Waals surface area (Å²) < 4.78 is 0. The maximum atomic E-state index is 12.4. The topological polar surface area (TPSA) is 92.1 Å². The number of nitrogens with one attached hydrogen (secondary N) is 1. The number of piperidine rings is 1. The van der Waals surface area contributed by atoms with Gasteiger partial charge in [0.15, 0.2) is 0 Å². The summed E-state index contributed by atoms with van der Waals surface area (Å²) in [5, 5.41) is 8.85. The van der Waals surface area contributed by atoms with E-state index in [0.717, 1.165) is 31.5 Å². The molecule has 2 aromatic rings. The van der Waals surface area contributed by atoms with Gasteiger partial charge in [-0.1, -0.05) is 6.07 Å². The van der Waals surface area contributed by atoms with Crippen molar-refractivity contribution < 1.29 is 9.59 Å². The van der Waals surface area contributed by atoms with Crippen molar-refractivity contribution in [3.8, 4) is 0 Å². The van der Waals surface area contributed by atoms with Gasteiger partial charge in [-0.15, -0.1) is 11.3 Å². The molecular formula is C16H20N4O2S. The van der Waals surface area contributed by atoms with E-state index >= 15 is 0 Å². The van der Waals surface area contributed by atoms with Crippen LogP contribution < -0.4 is 5.73 Å². The number of aromatic nitrogens is 2. The molecule has 7 heteroatoms. The van der Waals surface area contributed by atoms with Crippen LogP contribution in [0.3, 0.4) is 0 Å². The van der Waals surface area contributed by atoms with Gasteiger partial charge in [0.05, 0.1) is 0 Å². The number of hydrogen-bond donors (Lipinski definition) is 2. The van der Waals surface area contributed by atoms with E-state index in [-0.39, 0.29) is 17.5 Å². The summed E-state index contributed by atoms with van der Waals surface area (Å²) in [7, 11) is 0. The van der Waals surface area contributed by atoms with E-state index in [1.54, 1.807) is 17.4 Å². The molecule has 1 aliphatic rings. The molecule has 0 aromatic carbocycles. The number of H-pyrrole nitrogens is 1. The molecule has 3 rings (SSSR count). The van der Waals surface area contributed by atoms with Crippen LogP contribution in [0.5, 0.6) is 0 Å². The fourth-order valence-electron chi connectivity index (χ4n) is 2.97. The highest BCUT2D eigenvalue weighted by Gasteiger charge is 2.26. The quantitative estimate of drug-likeness (QED) is 0.876. The van der Waals surface area contributed by atoms with Crippen molar-refractivity contribution in [2.24, 2.45) is 5.73 Å². The number of amides is 2. The molecule has 23 heavy (non-hydrogen) atoms. The standard InChI is InChI=1S/C16H20N4O2S/c17-16(22)14-9-13(18-19-14)11-3-1-7-20(10-11)15(21)6-5-12-4-2-8-23-12/h2,4,8-9,11H,1,3,5-7,10H2,(H2,17,22)(H,18,19)/t11-/m1/s1. The van der Waals surface area contributed by atoms with Gasteiger partial charge in [0, 0.05) is 36.0 Å². The van der Waals surface area contributed by atoms with E-state index < -0.39 is 5.91 Å². The first kappa shape index (κ1) is 15.7. The van der Waals surface area contributed by atoms with Gasteiger partial charge in [0.1, 0.15) is 5.69 Å². The number of rotatable bonds is 5. The summed E-state index contributed by atoms with van der Waals surface area (Å²) in [5.41, 5.74) is 6.37. The summed E-state index contributed by atoms with van der Waals surface area (Å²) in [4.78, 5) is 26.7. The molecule has 3 N–H and O–H groups in total. The lowest BCUT2D eigenvalue weighted by Gasteiger charge is -2.32. The maximum Gasteiger partial charge on any atom is 0.269 e. The van der Waals surface area contributed by atoms with Gasteiger partial charge < -0.3 is 10.6 Å². The van der Waals surface area contributed by atoms with Gasteiger partial charge >= 0.3 is 0 Å². The Morgan fingerprint density at radius 2 is 2.35 bits per heavy atom. The van der Waals surface area contributed by atoms with E-state index in [2.05, 4.69) is 16.3 Å². The van der Waals surface area contributed by atoms with Crippen molar-refractivity contribution in [1.82, 2.24) is 15.1 Å². The molecule has 6 nitrogen and oxygen atoms in total. The Kier molecular flexibility index (Phi) is 4.76. The molecule has 3 heterocycles. The van der Waals surface area contributed by atoms with Gasteiger partial charge in [0.2, 0.25) is 5.91 Å². The van der Waals surface area contributed by atoms with Crippen LogP contribution in [0.2, 0.25) is 0 Å². The monoisotopic (exact) mass is 332 g/mol. The number of likely N-dealkylation sites (tertiary alicyclic amines) is 1. The summed E-state index contributed by atoms with van der Waals surface area (Å²) in [5.74, 6) is -0.153. The van der Waals surface area contributed by atoms with Crippen LogP contribution >= 0.6 is 11.3 Å². The average Bonchev–Trinajstić information content (AvgIpc) is 3.24. The molecule has 122 valence electrons. The third kappa shape index (κ3) is 3.79. The van der Waals surface area contributed by atoms with Crippen LogP contribution in [0, 0.1) is 0 Å². The fraction of sp³-hybridized carbons (Fsp3) is 0.438. The predicted molar refractivity (Wildman–Crippen MR) is 88.3 cm³/mol. The van der Waals surface area contributed by atoms with Crippen LogP contribution in [-0.2, 0) is 11.2 Å². The first-order chi connectivity index (χ1) is 11.1. The minimum Gasteiger partial charge on any atom is -0.364 e. The molecule has 1 fully saturated rings. The highest BCUT2D eigenvalue weighted by molar-refractivity contribution is 7.09. The Hall–Kier alpha value is -2.15. The zero-order chi connectivity index (χ0) is 16.2. The summed E-state index contributed by atoms with van der Waals surface area (Å²) in [6.07, 6.45) is 3.28. The van der Waals surface area contributed by atoms with Crippen LogP contribution in [0.15, 0.2) is 23.6 Å². The van der Waals surface area contributed by atoms with Crippen LogP contribution in [-0.4, -0.2) is 40.0 Å². The normalized spacial score (nSPS) is 18.1. The smallest absolute Gasteiger partial charge is 0.269 e. The maximum absolute atomic E-state index is 12.4. The molecule has 0 aliphatic carbocycles. The number of aryl methyl sites for hydroxylation is 1. The SMILES string of the molecule is NC(=O)c1cc([C@@H]2CCCN(C(=O)CCc3cccs3)C2)[nH]n1. The largest absolute Gasteiger partial charge is 0.364 e. The molecule has 1 aliphatic heterocycles. The molecule has 1 saturated heterocycles. The second kappa shape index (κ2) is 6.95. The van der Waals surface area contributed by atoms with E-state index in [4.69, 9.17) is 5.73 Å². The number of hydrogen-bond acceptors (Lipinski definition) is 4. The zero-order valence-electron chi connectivity index (χ0n) is 12.8. The van der Waals surface area contributed by atoms with Gasteiger partial charge in [-0.05, 0) is 36.8 Å². The average molecular weight is 332 g/mol. The molecule has 0 saturated carbocycles. The van der Waals surface area contributed by atoms with E-state index in [1.165, 1.54) is 4.88 Å².